The highest BCUT2D eigenvalue weighted by Gasteiger charge is 2.33. The fourth-order valence-electron chi connectivity index (χ4n) is 2.78. The van der Waals surface area contributed by atoms with E-state index in [4.69, 9.17) is 0 Å². The zero-order valence-electron chi connectivity index (χ0n) is 13.4. The molecule has 0 saturated carbocycles. The van der Waals surface area contributed by atoms with E-state index in [0.717, 1.165) is 24.1 Å². The maximum absolute atomic E-state index is 13.0. The Hall–Kier alpha value is -2.55. The Morgan fingerprint density at radius 1 is 1.08 bits per heavy atom. The molecule has 2 amide bonds. The zero-order valence-corrected chi connectivity index (χ0v) is 14.2. The summed E-state index contributed by atoms with van der Waals surface area (Å²) < 4.78 is 51.0. The van der Waals surface area contributed by atoms with Crippen LogP contribution in [0.1, 0.15) is 17.5 Å². The molecule has 0 aliphatic carbocycles. The van der Waals surface area contributed by atoms with Crippen LogP contribution in [0.2, 0.25) is 0 Å². The van der Waals surface area contributed by atoms with Gasteiger partial charge in [-0.05, 0) is 36.6 Å². The summed E-state index contributed by atoms with van der Waals surface area (Å²) in [6.45, 7) is 0. The van der Waals surface area contributed by atoms with Crippen LogP contribution in [-0.4, -0.2) is 21.1 Å². The number of rotatable bonds is 2. The van der Waals surface area contributed by atoms with Crippen molar-refractivity contribution in [3.05, 3.63) is 47.5 Å². The fraction of sp³-hybridized carbons (Fsp3) is 0.235. The van der Waals surface area contributed by atoms with Crippen molar-refractivity contribution in [3.8, 4) is 5.75 Å². The summed E-state index contributed by atoms with van der Waals surface area (Å²) in [7, 11) is -1.38. The van der Waals surface area contributed by atoms with Gasteiger partial charge < -0.3 is 15.7 Å². The number of urea groups is 1. The van der Waals surface area contributed by atoms with E-state index in [0.29, 0.717) is 12.2 Å². The van der Waals surface area contributed by atoms with Crippen molar-refractivity contribution in [2.75, 3.05) is 16.4 Å². The third kappa shape index (κ3) is 3.67. The van der Waals surface area contributed by atoms with Crippen LogP contribution in [0.5, 0.6) is 5.75 Å². The second kappa shape index (κ2) is 6.99. The summed E-state index contributed by atoms with van der Waals surface area (Å²) in [4.78, 5) is 12.4. The Morgan fingerprint density at radius 3 is 2.50 bits per heavy atom. The molecule has 9 heteroatoms. The van der Waals surface area contributed by atoms with Crippen molar-refractivity contribution in [3.63, 3.8) is 0 Å². The van der Waals surface area contributed by atoms with Crippen LogP contribution in [0.25, 0.3) is 0 Å². The third-order valence-corrected chi connectivity index (χ3v) is 5.52. The first-order chi connectivity index (χ1) is 12.3. The molecule has 0 aromatic heterocycles. The number of halogens is 3. The molecule has 5 nitrogen and oxygen atoms in total. The van der Waals surface area contributed by atoms with Gasteiger partial charge in [-0.15, -0.1) is 0 Å². The van der Waals surface area contributed by atoms with E-state index >= 15 is 0 Å². The maximum Gasteiger partial charge on any atom is 0.418 e. The lowest BCUT2D eigenvalue weighted by molar-refractivity contribution is -0.136. The number of amides is 2. The van der Waals surface area contributed by atoms with Gasteiger partial charge in [0.25, 0.3) is 0 Å². The molecule has 0 saturated heterocycles. The molecule has 1 heterocycles. The van der Waals surface area contributed by atoms with Crippen molar-refractivity contribution in [2.45, 2.75) is 23.9 Å². The standard InChI is InChI=1S/C17H15F3N2O3S/c18-17(19,20)11-5-1-2-6-12(11)21-16(24)22-13-8-7-10-4-3-9-26(25)15(10)14(13)23/h1-2,5-8,23H,3-4,9H2,(H2,21,22,24). The van der Waals surface area contributed by atoms with Gasteiger partial charge in [0.2, 0.25) is 0 Å². The van der Waals surface area contributed by atoms with Crippen LogP contribution < -0.4 is 10.6 Å². The van der Waals surface area contributed by atoms with Crippen LogP contribution in [0, 0.1) is 0 Å². The summed E-state index contributed by atoms with van der Waals surface area (Å²) in [5.74, 6) is 0.0922. The van der Waals surface area contributed by atoms with Crippen molar-refractivity contribution in [2.24, 2.45) is 0 Å². The van der Waals surface area contributed by atoms with Crippen molar-refractivity contribution in [1.29, 1.82) is 0 Å². The number of aryl methyl sites for hydroxylation is 1. The predicted octanol–water partition coefficient (Wildman–Crippen LogP) is 4.11. The molecule has 0 radical (unpaired) electrons. The minimum absolute atomic E-state index is 0.0130. The zero-order chi connectivity index (χ0) is 18.9. The molecule has 26 heavy (non-hydrogen) atoms. The number of alkyl halides is 3. The third-order valence-electron chi connectivity index (χ3n) is 3.95. The largest absolute Gasteiger partial charge is 0.505 e. The minimum atomic E-state index is -4.62. The summed E-state index contributed by atoms with van der Waals surface area (Å²) in [5.41, 5.74) is -0.661. The Balaban J connectivity index is 1.82. The molecule has 0 fully saturated rings. The number of fused-ring (bicyclic) bond motifs is 1. The van der Waals surface area contributed by atoms with Gasteiger partial charge in [0, 0.05) is 5.75 Å². The van der Waals surface area contributed by atoms with Crippen LogP contribution in [0.4, 0.5) is 29.3 Å². The molecule has 1 atom stereocenters. The normalized spacial score (nSPS) is 16.7. The number of hydrogen-bond acceptors (Lipinski definition) is 3. The van der Waals surface area contributed by atoms with E-state index in [9.17, 15) is 27.3 Å². The smallest absolute Gasteiger partial charge is 0.418 e. The number of nitrogens with one attached hydrogen (secondary N) is 2. The topological polar surface area (TPSA) is 78.4 Å². The number of phenolic OH excluding ortho intramolecular Hbond substituents is 1. The average Bonchev–Trinajstić information content (AvgIpc) is 2.57. The molecule has 0 bridgehead atoms. The number of phenols is 1. The van der Waals surface area contributed by atoms with Crippen molar-refractivity contribution >= 4 is 28.2 Å². The van der Waals surface area contributed by atoms with Crippen molar-refractivity contribution in [1.82, 2.24) is 0 Å². The highest BCUT2D eigenvalue weighted by Crippen LogP contribution is 2.37. The second-order valence-corrected chi connectivity index (χ2v) is 7.23. The van der Waals surface area contributed by atoms with Gasteiger partial charge in [0.15, 0.2) is 5.75 Å². The maximum atomic E-state index is 13.0. The van der Waals surface area contributed by atoms with Gasteiger partial charge in [0.1, 0.15) is 0 Å². The summed E-state index contributed by atoms with van der Waals surface area (Å²) in [6, 6.07) is 6.70. The fourth-order valence-corrected chi connectivity index (χ4v) is 4.17. The second-order valence-electron chi connectivity index (χ2n) is 5.73. The van der Waals surface area contributed by atoms with Crippen LogP contribution >= 0.6 is 0 Å². The first kappa shape index (κ1) is 18.2. The van der Waals surface area contributed by atoms with Crippen molar-refractivity contribution < 1.29 is 27.3 Å². The van der Waals surface area contributed by atoms with Crippen LogP contribution in [0.3, 0.4) is 0 Å². The molecule has 1 aliphatic rings. The highest BCUT2D eigenvalue weighted by atomic mass is 32.2. The van der Waals surface area contributed by atoms with Gasteiger partial charge in [-0.3, -0.25) is 4.21 Å². The van der Waals surface area contributed by atoms with Gasteiger partial charge in [0.05, 0.1) is 32.6 Å². The number of anilines is 2. The molecule has 3 N–H and O–H groups in total. The first-order valence-electron chi connectivity index (χ1n) is 7.75. The van der Waals surface area contributed by atoms with Gasteiger partial charge in [-0.1, -0.05) is 18.2 Å². The lowest BCUT2D eigenvalue weighted by Gasteiger charge is -2.19. The summed E-state index contributed by atoms with van der Waals surface area (Å²) >= 11 is 0. The quantitative estimate of drug-likeness (QED) is 0.682. The SMILES string of the molecule is O=C(Nc1ccccc1C(F)(F)F)Nc1ccc2c(c1O)S(=O)CCC2. The Labute approximate surface area is 149 Å². The van der Waals surface area contributed by atoms with E-state index in [1.54, 1.807) is 6.07 Å². The van der Waals surface area contributed by atoms with Gasteiger partial charge >= 0.3 is 12.2 Å². The number of carbonyl (C=O) groups is 1. The number of carbonyl (C=O) groups excluding carboxylic acids is 1. The highest BCUT2D eigenvalue weighted by molar-refractivity contribution is 7.85. The Morgan fingerprint density at radius 2 is 1.77 bits per heavy atom. The summed E-state index contributed by atoms with van der Waals surface area (Å²) in [6.07, 6.45) is -3.21. The first-order valence-corrected chi connectivity index (χ1v) is 9.06. The molecule has 0 spiro atoms. The van der Waals surface area contributed by atoms with E-state index < -0.39 is 34.3 Å². The minimum Gasteiger partial charge on any atom is -0.505 e. The molecule has 3 rings (SSSR count). The monoisotopic (exact) mass is 384 g/mol. The lowest BCUT2D eigenvalue weighted by Crippen LogP contribution is -2.22. The molecule has 138 valence electrons. The molecular formula is C17H15F3N2O3S. The average molecular weight is 384 g/mol. The van der Waals surface area contributed by atoms with Gasteiger partial charge in [-0.25, -0.2) is 4.79 Å². The van der Waals surface area contributed by atoms with Crippen LogP contribution in [0.15, 0.2) is 41.3 Å². The molecule has 2 aromatic carbocycles. The molecular weight excluding hydrogens is 369 g/mol. The molecule has 1 aliphatic heterocycles. The van der Waals surface area contributed by atoms with Gasteiger partial charge in [-0.2, -0.15) is 13.2 Å². The summed E-state index contributed by atoms with van der Waals surface area (Å²) in [5, 5.41) is 14.7. The van der Waals surface area contributed by atoms with E-state index in [1.807, 2.05) is 0 Å². The number of aromatic hydroxyl groups is 1. The predicted molar refractivity (Wildman–Crippen MR) is 91.8 cm³/mol. The van der Waals surface area contributed by atoms with E-state index in [1.165, 1.54) is 18.2 Å². The molecule has 1 unspecified atom stereocenters. The Bertz CT molecular complexity index is 884. The lowest BCUT2D eigenvalue weighted by atomic mass is 10.1. The Kier molecular flexibility index (Phi) is 4.90. The number of para-hydroxylation sites is 1. The van der Waals surface area contributed by atoms with E-state index in [-0.39, 0.29) is 16.3 Å². The van der Waals surface area contributed by atoms with Crippen LogP contribution in [-0.2, 0) is 23.4 Å². The number of benzene rings is 2. The van der Waals surface area contributed by atoms with E-state index in [2.05, 4.69) is 10.6 Å². The molecule has 2 aromatic rings. The number of hydrogen-bond donors (Lipinski definition) is 3.